The highest BCUT2D eigenvalue weighted by atomic mass is 32.2. The average Bonchev–Trinajstić information content (AvgIpc) is 3.05. The molecule has 0 aliphatic heterocycles. The highest BCUT2D eigenvalue weighted by Gasteiger charge is 2.24. The molecule has 4 heteroatoms. The smallest absolute Gasteiger partial charge is 0.223 e. The number of hydrogen-bond acceptors (Lipinski definition) is 3. The normalized spacial score (nSPS) is 18.4. The van der Waals surface area contributed by atoms with Gasteiger partial charge in [0.1, 0.15) is 0 Å². The monoisotopic (exact) mass is 307 g/mol. The fourth-order valence-corrected chi connectivity index (χ4v) is 3.65. The Balaban J connectivity index is 1.67. The van der Waals surface area contributed by atoms with Crippen LogP contribution >= 0.6 is 11.8 Å². The molecule has 1 fully saturated rings. The van der Waals surface area contributed by atoms with E-state index in [9.17, 15) is 9.90 Å². The summed E-state index contributed by atoms with van der Waals surface area (Å²) in [6.07, 6.45) is 4.22. The number of hydrogen-bond donors (Lipinski definition) is 2. The summed E-state index contributed by atoms with van der Waals surface area (Å²) in [5.74, 6) is 1.12. The maximum Gasteiger partial charge on any atom is 0.223 e. The number of nitrogens with one attached hydrogen (secondary N) is 1. The fourth-order valence-electron chi connectivity index (χ4n) is 2.70. The van der Waals surface area contributed by atoms with Crippen LogP contribution in [0.3, 0.4) is 0 Å². The predicted octanol–water partition coefficient (Wildman–Crippen LogP) is 3.08. The quantitative estimate of drug-likeness (QED) is 0.761. The van der Waals surface area contributed by atoms with Crippen molar-refractivity contribution in [3.63, 3.8) is 0 Å². The van der Waals surface area contributed by atoms with Crippen LogP contribution in [0.5, 0.6) is 0 Å². The van der Waals surface area contributed by atoms with Gasteiger partial charge in [0.15, 0.2) is 0 Å². The van der Waals surface area contributed by atoms with Crippen LogP contribution in [0.15, 0.2) is 35.2 Å². The van der Waals surface area contributed by atoms with Crippen molar-refractivity contribution in [3.05, 3.63) is 30.3 Å². The number of carbonyl (C=O) groups excluding carboxylic acids is 1. The molecule has 0 saturated heterocycles. The van der Waals surface area contributed by atoms with Crippen LogP contribution in [0.2, 0.25) is 0 Å². The Morgan fingerprint density at radius 2 is 2.00 bits per heavy atom. The topological polar surface area (TPSA) is 49.3 Å². The van der Waals surface area contributed by atoms with Crippen LogP contribution in [-0.4, -0.2) is 29.4 Å². The first-order valence-electron chi connectivity index (χ1n) is 7.80. The number of carbonyl (C=O) groups is 1. The van der Waals surface area contributed by atoms with Crippen LogP contribution in [0.4, 0.5) is 0 Å². The van der Waals surface area contributed by atoms with Crippen LogP contribution in [-0.2, 0) is 4.79 Å². The van der Waals surface area contributed by atoms with Gasteiger partial charge in [-0.25, -0.2) is 0 Å². The summed E-state index contributed by atoms with van der Waals surface area (Å²) >= 11 is 1.69. The zero-order chi connectivity index (χ0) is 15.1. The van der Waals surface area contributed by atoms with Crippen LogP contribution in [0, 0.1) is 11.8 Å². The Morgan fingerprint density at radius 1 is 1.33 bits per heavy atom. The molecule has 2 rings (SSSR count). The van der Waals surface area contributed by atoms with Gasteiger partial charge >= 0.3 is 0 Å². The minimum absolute atomic E-state index is 0.0375. The standard InChI is InChI=1S/C17H25NO2S/c1-13(12-21-15-9-3-2-4-10-15)17(20)18-11-16(19)14-7-5-6-8-14/h2-4,9-10,13-14,16,19H,5-8,11-12H2,1H3,(H,18,20). The summed E-state index contributed by atoms with van der Waals surface area (Å²) in [5, 5.41) is 13.0. The molecular formula is C17H25NO2S. The summed E-state index contributed by atoms with van der Waals surface area (Å²) < 4.78 is 0. The zero-order valence-electron chi connectivity index (χ0n) is 12.6. The van der Waals surface area contributed by atoms with Crippen molar-refractivity contribution in [2.45, 2.75) is 43.6 Å². The van der Waals surface area contributed by atoms with Gasteiger partial charge in [0.2, 0.25) is 5.91 Å². The Hall–Kier alpha value is -1.00. The molecule has 0 spiro atoms. The van der Waals surface area contributed by atoms with Gasteiger partial charge in [-0.15, -0.1) is 11.8 Å². The van der Waals surface area contributed by atoms with E-state index in [-0.39, 0.29) is 17.9 Å². The lowest BCUT2D eigenvalue weighted by Crippen LogP contribution is -2.38. The van der Waals surface area contributed by atoms with Crippen LogP contribution in [0.25, 0.3) is 0 Å². The SMILES string of the molecule is CC(CSc1ccccc1)C(=O)NCC(O)C1CCCC1. The summed E-state index contributed by atoms with van der Waals surface area (Å²) in [6.45, 7) is 2.33. The van der Waals surface area contributed by atoms with Gasteiger partial charge in [0.05, 0.1) is 6.10 Å². The second-order valence-corrected chi connectivity index (χ2v) is 6.98. The molecule has 2 atom stereocenters. The van der Waals surface area contributed by atoms with Crippen molar-refractivity contribution in [2.75, 3.05) is 12.3 Å². The van der Waals surface area contributed by atoms with Gasteiger partial charge in [-0.05, 0) is 30.9 Å². The van der Waals surface area contributed by atoms with E-state index in [0.29, 0.717) is 12.5 Å². The van der Waals surface area contributed by atoms with Gasteiger partial charge in [-0.2, -0.15) is 0 Å². The van der Waals surface area contributed by atoms with Gasteiger partial charge in [0.25, 0.3) is 0 Å². The Kier molecular flexibility index (Phi) is 6.58. The van der Waals surface area contributed by atoms with Gasteiger partial charge in [0, 0.05) is 23.1 Å². The third-order valence-corrected chi connectivity index (χ3v) is 5.39. The van der Waals surface area contributed by atoms with E-state index in [1.807, 2.05) is 25.1 Å². The highest BCUT2D eigenvalue weighted by molar-refractivity contribution is 7.99. The van der Waals surface area contributed by atoms with Crippen LogP contribution in [0.1, 0.15) is 32.6 Å². The van der Waals surface area contributed by atoms with Crippen molar-refractivity contribution >= 4 is 17.7 Å². The van der Waals surface area contributed by atoms with E-state index < -0.39 is 0 Å². The first-order chi connectivity index (χ1) is 10.2. The Morgan fingerprint density at radius 3 is 2.67 bits per heavy atom. The minimum atomic E-state index is -0.384. The largest absolute Gasteiger partial charge is 0.391 e. The molecular weight excluding hydrogens is 282 g/mol. The summed E-state index contributed by atoms with van der Waals surface area (Å²) in [4.78, 5) is 13.2. The average molecular weight is 307 g/mol. The molecule has 1 amide bonds. The highest BCUT2D eigenvalue weighted by Crippen LogP contribution is 2.27. The molecule has 116 valence electrons. The van der Waals surface area contributed by atoms with Crippen molar-refractivity contribution < 1.29 is 9.90 Å². The number of aliphatic hydroxyl groups is 1. The third kappa shape index (κ3) is 5.36. The predicted molar refractivity (Wildman–Crippen MR) is 87.3 cm³/mol. The van der Waals surface area contributed by atoms with E-state index in [4.69, 9.17) is 0 Å². The maximum atomic E-state index is 12.0. The second kappa shape index (κ2) is 8.44. The molecule has 1 aromatic rings. The van der Waals surface area contributed by atoms with E-state index in [1.54, 1.807) is 11.8 Å². The van der Waals surface area contributed by atoms with E-state index >= 15 is 0 Å². The molecule has 2 N–H and O–H groups in total. The first kappa shape index (κ1) is 16.4. The lowest BCUT2D eigenvalue weighted by atomic mass is 10.0. The van der Waals surface area contributed by atoms with Crippen molar-refractivity contribution in [2.24, 2.45) is 11.8 Å². The Labute approximate surface area is 131 Å². The molecule has 21 heavy (non-hydrogen) atoms. The number of thioether (sulfide) groups is 1. The molecule has 0 radical (unpaired) electrons. The van der Waals surface area contributed by atoms with Crippen molar-refractivity contribution in [1.29, 1.82) is 0 Å². The minimum Gasteiger partial charge on any atom is -0.391 e. The zero-order valence-corrected chi connectivity index (χ0v) is 13.4. The lowest BCUT2D eigenvalue weighted by molar-refractivity contribution is -0.124. The summed E-state index contributed by atoms with van der Waals surface area (Å²) in [7, 11) is 0. The van der Waals surface area contributed by atoms with Crippen LogP contribution < -0.4 is 5.32 Å². The molecule has 0 bridgehead atoms. The molecule has 1 saturated carbocycles. The maximum absolute atomic E-state index is 12.0. The summed E-state index contributed by atoms with van der Waals surface area (Å²) in [6, 6.07) is 10.1. The van der Waals surface area contributed by atoms with Gasteiger partial charge in [-0.3, -0.25) is 4.79 Å². The van der Waals surface area contributed by atoms with E-state index in [0.717, 1.165) is 18.6 Å². The molecule has 0 heterocycles. The lowest BCUT2D eigenvalue weighted by Gasteiger charge is -2.19. The molecule has 1 aliphatic carbocycles. The molecule has 2 unspecified atom stereocenters. The first-order valence-corrected chi connectivity index (χ1v) is 8.79. The molecule has 1 aliphatic rings. The van der Waals surface area contributed by atoms with Gasteiger partial charge < -0.3 is 10.4 Å². The number of rotatable bonds is 7. The molecule has 1 aromatic carbocycles. The number of aliphatic hydroxyl groups excluding tert-OH is 1. The van der Waals surface area contributed by atoms with Gasteiger partial charge in [-0.1, -0.05) is 38.0 Å². The third-order valence-electron chi connectivity index (χ3n) is 4.12. The summed E-state index contributed by atoms with van der Waals surface area (Å²) in [5.41, 5.74) is 0. The van der Waals surface area contributed by atoms with Crippen molar-refractivity contribution in [1.82, 2.24) is 5.32 Å². The molecule has 3 nitrogen and oxygen atoms in total. The molecule has 0 aromatic heterocycles. The fraction of sp³-hybridized carbons (Fsp3) is 0.588. The number of benzene rings is 1. The number of amides is 1. The van der Waals surface area contributed by atoms with E-state index in [2.05, 4.69) is 17.4 Å². The Bertz CT molecular complexity index is 432. The second-order valence-electron chi connectivity index (χ2n) is 5.88. The van der Waals surface area contributed by atoms with E-state index in [1.165, 1.54) is 17.7 Å². The van der Waals surface area contributed by atoms with Crippen molar-refractivity contribution in [3.8, 4) is 0 Å².